The molecule has 0 aliphatic rings. The van der Waals surface area contributed by atoms with Gasteiger partial charge in [-0.2, -0.15) is 0 Å². The zero-order valence-electron chi connectivity index (χ0n) is 15.3. The molecule has 7 heteroatoms. The molecule has 0 aliphatic carbocycles. The van der Waals surface area contributed by atoms with Crippen LogP contribution >= 0.6 is 35.0 Å². The van der Waals surface area contributed by atoms with Crippen LogP contribution in [0.25, 0.3) is 0 Å². The Hall–Kier alpha value is -2.47. The second-order valence-electron chi connectivity index (χ2n) is 6.29. The van der Waals surface area contributed by atoms with Crippen molar-refractivity contribution in [1.29, 1.82) is 0 Å². The second-order valence-corrected chi connectivity index (χ2v) is 8.03. The van der Waals surface area contributed by atoms with E-state index in [0.29, 0.717) is 33.3 Å². The van der Waals surface area contributed by atoms with E-state index in [1.807, 2.05) is 48.5 Å². The molecule has 0 spiro atoms. The van der Waals surface area contributed by atoms with Crippen molar-refractivity contribution in [2.75, 3.05) is 5.32 Å². The van der Waals surface area contributed by atoms with Gasteiger partial charge in [0.05, 0.1) is 22.2 Å². The van der Waals surface area contributed by atoms with Crippen LogP contribution in [0.1, 0.15) is 17.0 Å². The Morgan fingerprint density at radius 3 is 2.34 bits per heavy atom. The lowest BCUT2D eigenvalue weighted by Crippen LogP contribution is -1.98. The van der Waals surface area contributed by atoms with Crippen LogP contribution < -0.4 is 5.32 Å². The first-order chi connectivity index (χ1) is 14.2. The van der Waals surface area contributed by atoms with Gasteiger partial charge in [0, 0.05) is 11.4 Å². The van der Waals surface area contributed by atoms with Crippen LogP contribution in [0.4, 0.5) is 11.4 Å². The molecule has 0 unspecified atom stereocenters. The number of thioether (sulfide) groups is 1. The molecule has 4 nitrogen and oxygen atoms in total. The maximum atomic E-state index is 6.29. The monoisotopic (exact) mass is 441 g/mol. The summed E-state index contributed by atoms with van der Waals surface area (Å²) in [4.78, 5) is 0. The number of benzene rings is 3. The molecule has 4 aromatic rings. The number of nitrogens with zero attached hydrogens (tertiary/aromatic N) is 2. The van der Waals surface area contributed by atoms with Crippen LogP contribution in [0.3, 0.4) is 0 Å². The van der Waals surface area contributed by atoms with E-state index in [0.717, 1.165) is 17.0 Å². The lowest BCUT2D eigenvalue weighted by molar-refractivity contribution is 0.420. The minimum absolute atomic E-state index is 0.504. The molecule has 0 fully saturated rings. The maximum absolute atomic E-state index is 6.29. The summed E-state index contributed by atoms with van der Waals surface area (Å²) >= 11 is 14.1. The predicted molar refractivity (Wildman–Crippen MR) is 119 cm³/mol. The average Bonchev–Trinajstić information content (AvgIpc) is 3.19. The number of hydrogen-bond acceptors (Lipinski definition) is 5. The molecule has 0 bridgehead atoms. The van der Waals surface area contributed by atoms with Gasteiger partial charge in [-0.05, 0) is 29.3 Å². The quantitative estimate of drug-likeness (QED) is 0.312. The number of aromatic nitrogens is 2. The smallest absolute Gasteiger partial charge is 0.276 e. The van der Waals surface area contributed by atoms with Gasteiger partial charge in [0.2, 0.25) is 5.89 Å². The van der Waals surface area contributed by atoms with Crippen LogP contribution in [0.15, 0.2) is 82.4 Å². The van der Waals surface area contributed by atoms with Gasteiger partial charge in [0.1, 0.15) is 0 Å². The normalized spacial score (nSPS) is 10.8. The fourth-order valence-corrected chi connectivity index (χ4v) is 4.03. The number of hydrogen-bond donors (Lipinski definition) is 1. The molecule has 1 aromatic heterocycles. The van der Waals surface area contributed by atoms with Gasteiger partial charge < -0.3 is 9.73 Å². The van der Waals surface area contributed by atoms with Crippen molar-refractivity contribution >= 4 is 46.3 Å². The summed E-state index contributed by atoms with van der Waals surface area (Å²) in [6.07, 6.45) is 0.504. The zero-order chi connectivity index (χ0) is 20.1. The fourth-order valence-electron chi connectivity index (χ4n) is 2.80. The molecule has 146 valence electrons. The van der Waals surface area contributed by atoms with Gasteiger partial charge in [-0.1, -0.05) is 89.6 Å². The van der Waals surface area contributed by atoms with Crippen molar-refractivity contribution in [2.24, 2.45) is 0 Å². The summed E-state index contributed by atoms with van der Waals surface area (Å²) < 4.78 is 5.82. The average molecular weight is 442 g/mol. The lowest BCUT2D eigenvalue weighted by Gasteiger charge is -2.13. The highest BCUT2D eigenvalue weighted by molar-refractivity contribution is 7.98. The van der Waals surface area contributed by atoms with Crippen LogP contribution in [0.5, 0.6) is 0 Å². The van der Waals surface area contributed by atoms with E-state index in [1.165, 1.54) is 17.3 Å². The Kier molecular flexibility index (Phi) is 6.39. The van der Waals surface area contributed by atoms with Gasteiger partial charge in [-0.3, -0.25) is 0 Å². The van der Waals surface area contributed by atoms with Gasteiger partial charge in [-0.15, -0.1) is 10.2 Å². The van der Waals surface area contributed by atoms with E-state index in [2.05, 4.69) is 27.6 Å². The molecular formula is C22H17Cl2N3OS. The Labute approximate surface area is 183 Å². The van der Waals surface area contributed by atoms with Gasteiger partial charge in [0.15, 0.2) is 0 Å². The van der Waals surface area contributed by atoms with E-state index in [-0.39, 0.29) is 0 Å². The molecule has 0 amide bonds. The molecule has 1 N–H and O–H groups in total. The molecule has 0 radical (unpaired) electrons. The predicted octanol–water partition coefficient (Wildman–Crippen LogP) is 7.00. The molecule has 0 aliphatic heterocycles. The summed E-state index contributed by atoms with van der Waals surface area (Å²) in [5.74, 6) is 1.34. The summed E-state index contributed by atoms with van der Waals surface area (Å²) in [6.45, 7) is 0. The maximum Gasteiger partial charge on any atom is 0.276 e. The molecule has 3 aromatic carbocycles. The zero-order valence-corrected chi connectivity index (χ0v) is 17.6. The van der Waals surface area contributed by atoms with Crippen molar-refractivity contribution in [3.63, 3.8) is 0 Å². The number of nitrogens with one attached hydrogen (secondary N) is 1. The Morgan fingerprint density at radius 2 is 1.55 bits per heavy atom. The fraction of sp³-hybridized carbons (Fsp3) is 0.0909. The van der Waals surface area contributed by atoms with E-state index < -0.39 is 0 Å². The second kappa shape index (κ2) is 9.35. The molecule has 0 saturated heterocycles. The summed E-state index contributed by atoms with van der Waals surface area (Å²) in [5.41, 5.74) is 3.78. The number of halogens is 2. The Balaban J connectivity index is 1.47. The third kappa shape index (κ3) is 5.12. The van der Waals surface area contributed by atoms with E-state index in [4.69, 9.17) is 27.6 Å². The number of rotatable bonds is 7. The Morgan fingerprint density at radius 1 is 0.828 bits per heavy atom. The van der Waals surface area contributed by atoms with Crippen molar-refractivity contribution in [1.82, 2.24) is 10.2 Å². The van der Waals surface area contributed by atoms with Crippen LogP contribution in [-0.2, 0) is 12.2 Å². The van der Waals surface area contributed by atoms with Crippen LogP contribution in [-0.4, -0.2) is 10.2 Å². The molecule has 4 rings (SSSR count). The number of anilines is 2. The largest absolute Gasteiger partial charge is 0.416 e. The van der Waals surface area contributed by atoms with Crippen molar-refractivity contribution in [3.8, 4) is 0 Å². The minimum Gasteiger partial charge on any atom is -0.416 e. The highest BCUT2D eigenvalue weighted by atomic mass is 35.5. The van der Waals surface area contributed by atoms with Crippen molar-refractivity contribution < 1.29 is 4.42 Å². The van der Waals surface area contributed by atoms with E-state index in [1.54, 1.807) is 12.1 Å². The molecule has 29 heavy (non-hydrogen) atoms. The molecule has 0 saturated carbocycles. The lowest BCUT2D eigenvalue weighted by atomic mass is 10.1. The van der Waals surface area contributed by atoms with E-state index in [9.17, 15) is 0 Å². The van der Waals surface area contributed by atoms with Gasteiger partial charge in [0.25, 0.3) is 5.22 Å². The third-order valence-corrected chi connectivity index (χ3v) is 5.75. The van der Waals surface area contributed by atoms with E-state index >= 15 is 0 Å². The first-order valence-corrected chi connectivity index (χ1v) is 10.7. The first-order valence-electron chi connectivity index (χ1n) is 8.97. The highest BCUT2D eigenvalue weighted by Gasteiger charge is 2.12. The van der Waals surface area contributed by atoms with Gasteiger partial charge in [-0.25, -0.2) is 0 Å². The first kappa shape index (κ1) is 19.8. The molecular weight excluding hydrogens is 425 g/mol. The van der Waals surface area contributed by atoms with Gasteiger partial charge >= 0.3 is 0 Å². The number of para-hydroxylation sites is 2. The van der Waals surface area contributed by atoms with Crippen LogP contribution in [0, 0.1) is 0 Å². The summed E-state index contributed by atoms with van der Waals surface area (Å²) in [6, 6.07) is 23.5. The SMILES string of the molecule is Clc1cccc(Cl)c1Nc1ccccc1Cc1nnc(SCc2ccccc2)o1. The highest BCUT2D eigenvalue weighted by Crippen LogP contribution is 2.34. The third-order valence-electron chi connectivity index (χ3n) is 4.23. The summed E-state index contributed by atoms with van der Waals surface area (Å²) in [7, 11) is 0. The Bertz CT molecular complexity index is 1080. The minimum atomic E-state index is 0.504. The van der Waals surface area contributed by atoms with Crippen LogP contribution in [0.2, 0.25) is 10.0 Å². The molecule has 1 heterocycles. The molecule has 0 atom stereocenters. The standard InChI is InChI=1S/C22H17Cl2N3OS/c23-17-10-6-11-18(24)21(17)25-19-12-5-4-9-16(19)13-20-26-27-22(28-20)29-14-15-7-2-1-3-8-15/h1-12,25H,13-14H2. The van der Waals surface area contributed by atoms with Crippen molar-refractivity contribution in [2.45, 2.75) is 17.4 Å². The summed E-state index contributed by atoms with van der Waals surface area (Å²) in [5, 5.41) is 13.3. The topological polar surface area (TPSA) is 51.0 Å². The van der Waals surface area contributed by atoms with Crippen molar-refractivity contribution in [3.05, 3.63) is 99.9 Å².